The van der Waals surface area contributed by atoms with Gasteiger partial charge in [-0.1, -0.05) is 49.3 Å². The highest BCUT2D eigenvalue weighted by molar-refractivity contribution is 8.76. The third-order valence-corrected chi connectivity index (χ3v) is 4.61. The fraction of sp³-hybridized carbons (Fsp3) is 0.889. The Kier molecular flexibility index (Phi) is 26.8. The molecule has 0 aromatic rings. The minimum atomic E-state index is 0.326. The van der Waals surface area contributed by atoms with Crippen LogP contribution in [0.1, 0.15) is 67.2 Å². The van der Waals surface area contributed by atoms with Crippen LogP contribution in [0.4, 0.5) is 0 Å². The molecule has 0 bridgehead atoms. The highest BCUT2D eigenvalue weighted by atomic mass is 33.1. The van der Waals surface area contributed by atoms with Crippen LogP contribution in [-0.4, -0.2) is 60.3 Å². The number of carbonyl (C=O) groups is 2. The largest absolute Gasteiger partial charge is 0.343 e. The average Bonchev–Trinajstić information content (AvgIpc) is 3.26. The van der Waals surface area contributed by atoms with Crippen molar-refractivity contribution in [1.29, 1.82) is 0 Å². The lowest BCUT2D eigenvalue weighted by Crippen LogP contribution is -2.23. The first kappa shape index (κ1) is 28.4. The minimum absolute atomic E-state index is 0.326. The zero-order valence-corrected chi connectivity index (χ0v) is 18.8. The molecule has 2 saturated heterocycles. The Morgan fingerprint density at radius 1 is 0.750 bits per heavy atom. The molecular weight excluding hydrogens is 340 g/mol. The summed E-state index contributed by atoms with van der Waals surface area (Å²) in [5, 5.41) is 0. The van der Waals surface area contributed by atoms with Crippen LogP contribution in [0.3, 0.4) is 0 Å². The molecule has 0 N–H and O–H groups in total. The van der Waals surface area contributed by atoms with E-state index in [0.717, 1.165) is 51.9 Å². The van der Waals surface area contributed by atoms with Crippen LogP contribution in [-0.2, 0) is 9.59 Å². The standard InChI is InChI=1S/2C6H11NO.C2H6S2.2C2H6/c2*1-2-7-5-3-4-6(7)8;1-3-4-2;2*1-2/h2*2-5H2,1H3;1-2H3;2*1-2H3. The number of likely N-dealkylation sites (tertiary alicyclic amines) is 2. The Morgan fingerprint density at radius 3 is 1.12 bits per heavy atom. The first-order chi connectivity index (χ1) is 11.6. The molecule has 0 radical (unpaired) electrons. The summed E-state index contributed by atoms with van der Waals surface area (Å²) >= 11 is 0. The molecule has 2 rings (SSSR count). The molecule has 0 unspecified atom stereocenters. The molecular formula is C18H40N2O2S2. The van der Waals surface area contributed by atoms with Crippen molar-refractivity contribution in [2.75, 3.05) is 38.7 Å². The van der Waals surface area contributed by atoms with Gasteiger partial charge in [0.1, 0.15) is 0 Å². The molecule has 4 nitrogen and oxygen atoms in total. The van der Waals surface area contributed by atoms with E-state index >= 15 is 0 Å². The lowest BCUT2D eigenvalue weighted by atomic mass is 10.4. The Morgan fingerprint density at radius 2 is 1.04 bits per heavy atom. The number of hydrogen-bond donors (Lipinski definition) is 0. The van der Waals surface area contributed by atoms with Crippen molar-refractivity contribution in [2.24, 2.45) is 0 Å². The normalized spacial score (nSPS) is 15.2. The summed E-state index contributed by atoms with van der Waals surface area (Å²) in [6.07, 6.45) is 7.79. The van der Waals surface area contributed by atoms with Crippen LogP contribution in [0.15, 0.2) is 0 Å². The lowest BCUT2D eigenvalue weighted by Gasteiger charge is -2.10. The maximum absolute atomic E-state index is 10.7. The first-order valence-electron chi connectivity index (χ1n) is 9.22. The predicted molar refractivity (Wildman–Crippen MR) is 113 cm³/mol. The zero-order chi connectivity index (χ0) is 19.4. The molecule has 0 spiro atoms. The van der Waals surface area contributed by atoms with E-state index < -0.39 is 0 Å². The Hall–Kier alpha value is -0.360. The molecule has 2 amide bonds. The molecule has 0 atom stereocenters. The van der Waals surface area contributed by atoms with Gasteiger partial charge in [-0.2, -0.15) is 0 Å². The summed E-state index contributed by atoms with van der Waals surface area (Å²) in [6, 6.07) is 0. The predicted octanol–water partition coefficient (Wildman–Crippen LogP) is 4.94. The SMILES string of the molecule is CC.CC.CCN1CCCC1=O.CCN1CCCC1=O.CSSC. The second-order valence-corrected chi connectivity index (χ2v) is 7.15. The second kappa shape index (κ2) is 22.6. The molecule has 0 aromatic carbocycles. The van der Waals surface area contributed by atoms with Gasteiger partial charge < -0.3 is 9.80 Å². The van der Waals surface area contributed by atoms with Crippen molar-refractivity contribution in [3.8, 4) is 0 Å². The smallest absolute Gasteiger partial charge is 0.222 e. The molecule has 0 aromatic heterocycles. The van der Waals surface area contributed by atoms with Crippen LogP contribution in [0.5, 0.6) is 0 Å². The highest BCUT2D eigenvalue weighted by Crippen LogP contribution is 2.09. The topological polar surface area (TPSA) is 40.6 Å². The first-order valence-corrected chi connectivity index (χ1v) is 12.2. The molecule has 2 aliphatic rings. The van der Waals surface area contributed by atoms with E-state index in [1.165, 1.54) is 0 Å². The van der Waals surface area contributed by atoms with E-state index in [4.69, 9.17) is 0 Å². The third kappa shape index (κ3) is 15.2. The molecule has 24 heavy (non-hydrogen) atoms. The number of carbonyl (C=O) groups excluding carboxylic acids is 2. The maximum atomic E-state index is 10.7. The van der Waals surface area contributed by atoms with Gasteiger partial charge in [0.15, 0.2) is 0 Å². The third-order valence-electron chi connectivity index (χ3n) is 3.27. The molecule has 0 saturated carbocycles. The van der Waals surface area contributed by atoms with E-state index in [1.54, 1.807) is 21.6 Å². The van der Waals surface area contributed by atoms with Crippen molar-refractivity contribution < 1.29 is 9.59 Å². The number of hydrogen-bond acceptors (Lipinski definition) is 4. The summed E-state index contributed by atoms with van der Waals surface area (Å²) in [5.41, 5.74) is 0. The minimum Gasteiger partial charge on any atom is -0.343 e. The van der Waals surface area contributed by atoms with Gasteiger partial charge in [0.05, 0.1) is 0 Å². The van der Waals surface area contributed by atoms with Crippen LogP contribution in [0, 0.1) is 0 Å². The molecule has 2 aliphatic heterocycles. The highest BCUT2D eigenvalue weighted by Gasteiger charge is 2.17. The van der Waals surface area contributed by atoms with Gasteiger partial charge >= 0.3 is 0 Å². The summed E-state index contributed by atoms with van der Waals surface area (Å²) in [5.74, 6) is 0.653. The summed E-state index contributed by atoms with van der Waals surface area (Å²) < 4.78 is 0. The van der Waals surface area contributed by atoms with E-state index in [0.29, 0.717) is 11.8 Å². The van der Waals surface area contributed by atoms with Crippen molar-refractivity contribution in [3.63, 3.8) is 0 Å². The van der Waals surface area contributed by atoms with Gasteiger partial charge in [0.2, 0.25) is 11.8 Å². The second-order valence-electron chi connectivity index (χ2n) is 4.49. The van der Waals surface area contributed by atoms with Gasteiger partial charge in [-0.3, -0.25) is 9.59 Å². The Labute approximate surface area is 158 Å². The molecule has 2 fully saturated rings. The maximum Gasteiger partial charge on any atom is 0.222 e. The molecule has 0 aliphatic carbocycles. The van der Waals surface area contributed by atoms with Crippen LogP contribution in [0.2, 0.25) is 0 Å². The summed E-state index contributed by atoms with van der Waals surface area (Å²) in [7, 11) is 3.55. The van der Waals surface area contributed by atoms with Crippen molar-refractivity contribution in [3.05, 3.63) is 0 Å². The zero-order valence-electron chi connectivity index (χ0n) is 17.2. The fourth-order valence-electron chi connectivity index (χ4n) is 2.08. The average molecular weight is 381 g/mol. The van der Waals surface area contributed by atoms with E-state index in [1.807, 2.05) is 51.3 Å². The Balaban J connectivity index is -0.000000261. The summed E-state index contributed by atoms with van der Waals surface area (Å²) in [6.45, 7) is 15.8. The fourth-order valence-corrected chi connectivity index (χ4v) is 2.08. The van der Waals surface area contributed by atoms with Crippen molar-refractivity contribution in [2.45, 2.75) is 67.2 Å². The van der Waals surface area contributed by atoms with E-state index in [9.17, 15) is 9.59 Å². The van der Waals surface area contributed by atoms with Crippen molar-refractivity contribution >= 4 is 33.4 Å². The van der Waals surface area contributed by atoms with Crippen LogP contribution >= 0.6 is 21.6 Å². The number of rotatable bonds is 3. The molecule has 146 valence electrons. The lowest BCUT2D eigenvalue weighted by molar-refractivity contribution is -0.128. The number of amides is 2. The van der Waals surface area contributed by atoms with Gasteiger partial charge in [0.25, 0.3) is 0 Å². The van der Waals surface area contributed by atoms with Gasteiger partial charge in [-0.05, 0) is 39.2 Å². The van der Waals surface area contributed by atoms with Crippen LogP contribution in [0.25, 0.3) is 0 Å². The van der Waals surface area contributed by atoms with Gasteiger partial charge in [0, 0.05) is 39.0 Å². The van der Waals surface area contributed by atoms with Crippen LogP contribution < -0.4 is 0 Å². The van der Waals surface area contributed by atoms with Gasteiger partial charge in [-0.25, -0.2) is 0 Å². The number of nitrogens with zero attached hydrogens (tertiary/aromatic N) is 2. The van der Waals surface area contributed by atoms with Gasteiger partial charge in [-0.15, -0.1) is 0 Å². The quantitative estimate of drug-likeness (QED) is 0.650. The van der Waals surface area contributed by atoms with Crippen molar-refractivity contribution in [1.82, 2.24) is 9.80 Å². The van der Waals surface area contributed by atoms with E-state index in [2.05, 4.69) is 12.5 Å². The molecule has 2 heterocycles. The monoisotopic (exact) mass is 380 g/mol. The summed E-state index contributed by atoms with van der Waals surface area (Å²) in [4.78, 5) is 25.2. The van der Waals surface area contributed by atoms with E-state index in [-0.39, 0.29) is 0 Å². The molecule has 6 heteroatoms. The Bertz CT molecular complexity index is 262.